The molecule has 2 amide bonds. The normalized spacial score (nSPS) is 20.1. The van der Waals surface area contributed by atoms with Crippen LogP contribution in [0.1, 0.15) is 31.2 Å². The summed E-state index contributed by atoms with van der Waals surface area (Å²) in [7, 11) is 0.166. The summed E-state index contributed by atoms with van der Waals surface area (Å²) in [4.78, 5) is 26.9. The molecular formula is C24H28N2O7S. The fraction of sp³-hybridized carbons (Fsp3) is 0.417. The van der Waals surface area contributed by atoms with Crippen molar-refractivity contribution >= 4 is 27.5 Å². The van der Waals surface area contributed by atoms with Gasteiger partial charge in [0.15, 0.2) is 0 Å². The van der Waals surface area contributed by atoms with Crippen LogP contribution in [0.15, 0.2) is 41.3 Å². The Labute approximate surface area is 199 Å². The van der Waals surface area contributed by atoms with E-state index in [9.17, 15) is 18.0 Å². The number of carbonyl (C=O) groups is 2. The van der Waals surface area contributed by atoms with E-state index in [0.717, 1.165) is 25.7 Å². The van der Waals surface area contributed by atoms with Crippen molar-refractivity contribution in [2.45, 2.75) is 37.1 Å². The van der Waals surface area contributed by atoms with Gasteiger partial charge in [0.1, 0.15) is 22.1 Å². The highest BCUT2D eigenvalue weighted by Crippen LogP contribution is 2.39. The molecule has 34 heavy (non-hydrogen) atoms. The predicted molar refractivity (Wildman–Crippen MR) is 124 cm³/mol. The van der Waals surface area contributed by atoms with Gasteiger partial charge in [0, 0.05) is 6.07 Å². The van der Waals surface area contributed by atoms with E-state index >= 15 is 0 Å². The van der Waals surface area contributed by atoms with E-state index in [0.29, 0.717) is 17.1 Å². The number of imide groups is 1. The molecule has 0 unspecified atom stereocenters. The van der Waals surface area contributed by atoms with Gasteiger partial charge in [-0.05, 0) is 42.7 Å². The maximum absolute atomic E-state index is 13.3. The molecule has 10 heteroatoms. The SMILES string of the molecule is COc1ccc(OC)c(NS(=O)(=O)c2cc(CN3C(=O)[C@@H]4CCCC[C@H]4C3=O)ccc2OC)c1. The molecule has 1 saturated heterocycles. The Bertz CT molecular complexity index is 1190. The van der Waals surface area contributed by atoms with Crippen molar-refractivity contribution in [3.05, 3.63) is 42.0 Å². The largest absolute Gasteiger partial charge is 0.497 e. The van der Waals surface area contributed by atoms with Crippen LogP contribution in [0, 0.1) is 11.8 Å². The Hall–Kier alpha value is -3.27. The zero-order valence-corrected chi connectivity index (χ0v) is 20.2. The first-order valence-corrected chi connectivity index (χ1v) is 12.5. The minimum atomic E-state index is -4.12. The Morgan fingerprint density at radius 1 is 0.882 bits per heavy atom. The summed E-state index contributed by atoms with van der Waals surface area (Å²) in [6.07, 6.45) is 3.33. The molecule has 2 aromatic rings. The molecule has 1 N–H and O–H groups in total. The first-order valence-electron chi connectivity index (χ1n) is 11.1. The molecule has 2 atom stereocenters. The van der Waals surface area contributed by atoms with Crippen LogP contribution < -0.4 is 18.9 Å². The lowest BCUT2D eigenvalue weighted by atomic mass is 9.81. The zero-order valence-electron chi connectivity index (χ0n) is 19.4. The van der Waals surface area contributed by atoms with Crippen molar-refractivity contribution in [1.29, 1.82) is 0 Å². The monoisotopic (exact) mass is 488 g/mol. The molecule has 1 aliphatic carbocycles. The van der Waals surface area contributed by atoms with E-state index in [1.165, 1.54) is 44.4 Å². The number of carbonyl (C=O) groups excluding carboxylic acids is 2. The third-order valence-electron chi connectivity index (χ3n) is 6.44. The minimum absolute atomic E-state index is 0.0136. The number of rotatable bonds is 8. The summed E-state index contributed by atoms with van der Waals surface area (Å²) in [5, 5.41) is 0. The standard InChI is InChI=1S/C24H28N2O7S/c1-31-16-9-11-20(32-2)19(13-16)25-34(29,30)22-12-15(8-10-21(22)33-3)14-26-23(27)17-6-4-5-7-18(17)24(26)28/h8-13,17-18,25H,4-7,14H2,1-3H3/t17-,18-/m1/s1. The third kappa shape index (κ3) is 4.42. The summed E-state index contributed by atoms with van der Waals surface area (Å²) in [6, 6.07) is 9.36. The number of anilines is 1. The van der Waals surface area contributed by atoms with Gasteiger partial charge in [-0.15, -0.1) is 0 Å². The van der Waals surface area contributed by atoms with Gasteiger partial charge in [-0.2, -0.15) is 0 Å². The van der Waals surface area contributed by atoms with Crippen LogP contribution in [0.3, 0.4) is 0 Å². The van der Waals surface area contributed by atoms with Gasteiger partial charge >= 0.3 is 0 Å². The zero-order chi connectivity index (χ0) is 24.5. The minimum Gasteiger partial charge on any atom is -0.497 e. The van der Waals surface area contributed by atoms with Crippen molar-refractivity contribution in [3.8, 4) is 17.2 Å². The van der Waals surface area contributed by atoms with Crippen LogP contribution >= 0.6 is 0 Å². The smallest absolute Gasteiger partial charge is 0.265 e. The van der Waals surface area contributed by atoms with Gasteiger partial charge in [-0.1, -0.05) is 18.9 Å². The van der Waals surface area contributed by atoms with E-state index in [1.807, 2.05) is 0 Å². The molecule has 0 radical (unpaired) electrons. The van der Waals surface area contributed by atoms with Gasteiger partial charge in [0.05, 0.1) is 45.4 Å². The Kier molecular flexibility index (Phi) is 6.70. The summed E-state index contributed by atoms with van der Waals surface area (Å²) in [5.41, 5.74) is 0.711. The summed E-state index contributed by atoms with van der Waals surface area (Å²) in [6.45, 7) is 0.0136. The van der Waals surface area contributed by atoms with E-state index < -0.39 is 10.0 Å². The summed E-state index contributed by atoms with van der Waals surface area (Å²) >= 11 is 0. The number of sulfonamides is 1. The summed E-state index contributed by atoms with van der Waals surface area (Å²) in [5.74, 6) is 0.0334. The molecule has 9 nitrogen and oxygen atoms in total. The van der Waals surface area contributed by atoms with Crippen LogP contribution in [0.5, 0.6) is 17.2 Å². The van der Waals surface area contributed by atoms with E-state index in [4.69, 9.17) is 14.2 Å². The lowest BCUT2D eigenvalue weighted by Gasteiger charge is -2.19. The van der Waals surface area contributed by atoms with E-state index in [1.54, 1.807) is 18.2 Å². The average molecular weight is 489 g/mol. The van der Waals surface area contributed by atoms with Gasteiger partial charge in [-0.25, -0.2) is 8.42 Å². The Morgan fingerprint density at radius 2 is 1.50 bits per heavy atom. The number of amides is 2. The number of benzene rings is 2. The lowest BCUT2D eigenvalue weighted by Crippen LogP contribution is -2.30. The number of ether oxygens (including phenoxy) is 3. The first kappa shape index (κ1) is 23.9. The second kappa shape index (κ2) is 9.54. The average Bonchev–Trinajstić information content (AvgIpc) is 3.08. The lowest BCUT2D eigenvalue weighted by molar-refractivity contribution is -0.140. The van der Waals surface area contributed by atoms with Crippen molar-refractivity contribution in [2.75, 3.05) is 26.1 Å². The molecule has 1 saturated carbocycles. The van der Waals surface area contributed by atoms with Gasteiger partial charge in [0.2, 0.25) is 11.8 Å². The quantitative estimate of drug-likeness (QED) is 0.568. The number of likely N-dealkylation sites (tertiary alicyclic amines) is 1. The second-order valence-corrected chi connectivity index (χ2v) is 10.1. The van der Waals surface area contributed by atoms with Gasteiger partial charge in [-0.3, -0.25) is 19.2 Å². The molecular weight excluding hydrogens is 460 g/mol. The fourth-order valence-electron chi connectivity index (χ4n) is 4.69. The highest BCUT2D eigenvalue weighted by atomic mass is 32.2. The number of nitrogens with one attached hydrogen (secondary N) is 1. The number of nitrogens with zero attached hydrogens (tertiary/aromatic N) is 1. The third-order valence-corrected chi connectivity index (χ3v) is 7.83. The van der Waals surface area contributed by atoms with Crippen LogP contribution in [0.25, 0.3) is 0 Å². The molecule has 1 heterocycles. The van der Waals surface area contributed by atoms with E-state index in [2.05, 4.69) is 4.72 Å². The number of methoxy groups -OCH3 is 3. The Morgan fingerprint density at radius 3 is 2.09 bits per heavy atom. The van der Waals surface area contributed by atoms with E-state index in [-0.39, 0.29) is 46.5 Å². The van der Waals surface area contributed by atoms with Crippen molar-refractivity contribution in [1.82, 2.24) is 4.90 Å². The van der Waals surface area contributed by atoms with Crippen molar-refractivity contribution in [3.63, 3.8) is 0 Å². The number of hydrogen-bond donors (Lipinski definition) is 1. The second-order valence-electron chi connectivity index (χ2n) is 8.42. The summed E-state index contributed by atoms with van der Waals surface area (Å²) < 4.78 is 44.9. The van der Waals surface area contributed by atoms with Crippen LogP contribution in [-0.4, -0.2) is 46.5 Å². The topological polar surface area (TPSA) is 111 Å². The molecule has 0 spiro atoms. The molecule has 1 aliphatic heterocycles. The molecule has 0 aromatic heterocycles. The van der Waals surface area contributed by atoms with Crippen LogP contribution in [0.4, 0.5) is 5.69 Å². The first-order chi connectivity index (χ1) is 16.3. The van der Waals surface area contributed by atoms with Gasteiger partial charge in [0.25, 0.3) is 10.0 Å². The molecule has 2 aliphatic rings. The molecule has 2 aromatic carbocycles. The predicted octanol–water partition coefficient (Wildman–Crippen LogP) is 3.19. The molecule has 4 rings (SSSR count). The highest BCUT2D eigenvalue weighted by molar-refractivity contribution is 7.92. The maximum atomic E-state index is 13.3. The van der Waals surface area contributed by atoms with Crippen molar-refractivity contribution in [2.24, 2.45) is 11.8 Å². The highest BCUT2D eigenvalue weighted by Gasteiger charge is 2.47. The molecule has 0 bridgehead atoms. The number of fused-ring (bicyclic) bond motifs is 1. The Balaban J connectivity index is 1.64. The van der Waals surface area contributed by atoms with Crippen molar-refractivity contribution < 1.29 is 32.2 Å². The van der Waals surface area contributed by atoms with Crippen LogP contribution in [0.2, 0.25) is 0 Å². The molecule has 2 fully saturated rings. The molecule has 182 valence electrons. The number of hydrogen-bond acceptors (Lipinski definition) is 7. The maximum Gasteiger partial charge on any atom is 0.265 e. The van der Waals surface area contributed by atoms with Crippen LogP contribution in [-0.2, 0) is 26.2 Å². The fourth-order valence-corrected chi connectivity index (χ4v) is 5.97. The van der Waals surface area contributed by atoms with Gasteiger partial charge < -0.3 is 14.2 Å².